The number of ketones is 1. The zero-order valence-electron chi connectivity index (χ0n) is 19.8. The van der Waals surface area contributed by atoms with E-state index in [0.717, 1.165) is 17.7 Å². The number of benzene rings is 3. The van der Waals surface area contributed by atoms with Gasteiger partial charge in [-0.15, -0.1) is 11.3 Å². The summed E-state index contributed by atoms with van der Waals surface area (Å²) in [5.74, 6) is -0.486. The first-order chi connectivity index (χ1) is 17.1. The maximum atomic E-state index is 13.1. The average Bonchev–Trinajstić information content (AvgIpc) is 3.37. The first kappa shape index (κ1) is 24.4. The van der Waals surface area contributed by atoms with Crippen LogP contribution in [0.4, 0.5) is 5.69 Å². The van der Waals surface area contributed by atoms with Crippen LogP contribution in [0, 0.1) is 0 Å². The van der Waals surface area contributed by atoms with Crippen molar-refractivity contribution < 1.29 is 14.3 Å². The third-order valence-corrected chi connectivity index (χ3v) is 6.69. The number of hydrogen-bond donors (Lipinski definition) is 2. The first-order valence-electron chi connectivity index (χ1n) is 11.4. The number of thiophene rings is 1. The number of ether oxygens (including phenoxy) is 1. The van der Waals surface area contributed by atoms with E-state index >= 15 is 0 Å². The SMILES string of the molecule is CNCc1cc(-c2ccc(CC(Nc3ccccc3C(=O)c3ccccc3)C(=O)OC)cc2)cs1. The molecular formula is C29H28N2O3S. The molecule has 5 nitrogen and oxygen atoms in total. The molecule has 6 heteroatoms. The van der Waals surface area contributed by atoms with E-state index in [1.807, 2.05) is 55.6 Å². The van der Waals surface area contributed by atoms with Crippen molar-refractivity contribution in [1.82, 2.24) is 5.32 Å². The molecule has 2 N–H and O–H groups in total. The monoisotopic (exact) mass is 484 g/mol. The first-order valence-corrected chi connectivity index (χ1v) is 12.3. The summed E-state index contributed by atoms with van der Waals surface area (Å²) in [7, 11) is 3.32. The fraction of sp³-hybridized carbons (Fsp3) is 0.172. The number of carbonyl (C=O) groups is 2. The Morgan fingerprint density at radius 1 is 0.914 bits per heavy atom. The quantitative estimate of drug-likeness (QED) is 0.228. The number of anilines is 1. The second-order valence-corrected chi connectivity index (χ2v) is 9.19. The molecule has 0 saturated heterocycles. The van der Waals surface area contributed by atoms with Crippen molar-refractivity contribution in [2.24, 2.45) is 0 Å². The minimum Gasteiger partial charge on any atom is -0.467 e. The predicted octanol–water partition coefficient (Wildman–Crippen LogP) is 5.56. The Morgan fingerprint density at radius 2 is 1.63 bits per heavy atom. The molecule has 3 aromatic carbocycles. The van der Waals surface area contributed by atoms with Crippen LogP contribution in [0.5, 0.6) is 0 Å². The lowest BCUT2D eigenvalue weighted by Gasteiger charge is -2.20. The van der Waals surface area contributed by atoms with Gasteiger partial charge in [-0.25, -0.2) is 4.79 Å². The molecule has 0 amide bonds. The van der Waals surface area contributed by atoms with Gasteiger partial charge in [-0.2, -0.15) is 0 Å². The molecule has 0 aliphatic heterocycles. The number of nitrogens with one attached hydrogen (secondary N) is 2. The predicted molar refractivity (Wildman–Crippen MR) is 142 cm³/mol. The lowest BCUT2D eigenvalue weighted by molar-refractivity contribution is -0.141. The van der Waals surface area contributed by atoms with Gasteiger partial charge in [0.05, 0.1) is 7.11 Å². The molecule has 0 aliphatic carbocycles. The molecule has 1 atom stereocenters. The molecule has 4 rings (SSSR count). The highest BCUT2D eigenvalue weighted by Crippen LogP contribution is 2.27. The summed E-state index contributed by atoms with van der Waals surface area (Å²) in [5.41, 5.74) is 5.02. The zero-order valence-corrected chi connectivity index (χ0v) is 20.6. The van der Waals surface area contributed by atoms with E-state index < -0.39 is 6.04 Å². The molecule has 1 unspecified atom stereocenters. The summed E-state index contributed by atoms with van der Waals surface area (Å²) >= 11 is 1.73. The molecule has 0 bridgehead atoms. The van der Waals surface area contributed by atoms with Gasteiger partial charge in [-0.1, -0.05) is 66.7 Å². The number of methoxy groups -OCH3 is 1. The van der Waals surface area contributed by atoms with Crippen molar-refractivity contribution in [3.05, 3.63) is 112 Å². The summed E-state index contributed by atoms with van der Waals surface area (Å²) in [5, 5.41) is 8.59. The standard InChI is InChI=1S/C29H28N2O3S/c1-30-18-24-17-23(19-35-24)21-14-12-20(13-15-21)16-27(29(33)34-2)31-26-11-7-6-10-25(26)28(32)22-8-4-3-5-9-22/h3-15,17,19,27,30-31H,16,18H2,1-2H3. The van der Waals surface area contributed by atoms with E-state index in [1.165, 1.54) is 17.6 Å². The van der Waals surface area contributed by atoms with Crippen LogP contribution in [0.2, 0.25) is 0 Å². The van der Waals surface area contributed by atoms with Gasteiger partial charge < -0.3 is 15.4 Å². The fourth-order valence-corrected chi connectivity index (χ4v) is 4.85. The molecule has 0 radical (unpaired) electrons. The molecule has 35 heavy (non-hydrogen) atoms. The van der Waals surface area contributed by atoms with Gasteiger partial charge >= 0.3 is 5.97 Å². The topological polar surface area (TPSA) is 67.4 Å². The van der Waals surface area contributed by atoms with Gasteiger partial charge in [-0.3, -0.25) is 4.79 Å². The van der Waals surface area contributed by atoms with E-state index in [2.05, 4.69) is 34.2 Å². The highest BCUT2D eigenvalue weighted by molar-refractivity contribution is 7.10. The largest absolute Gasteiger partial charge is 0.467 e. The van der Waals surface area contributed by atoms with Crippen LogP contribution in [-0.4, -0.2) is 32.0 Å². The van der Waals surface area contributed by atoms with Crippen LogP contribution in [-0.2, 0) is 22.5 Å². The third kappa shape index (κ3) is 6.04. The highest BCUT2D eigenvalue weighted by atomic mass is 32.1. The summed E-state index contributed by atoms with van der Waals surface area (Å²) in [4.78, 5) is 27.0. The molecule has 4 aromatic rings. The molecule has 0 aliphatic rings. The molecule has 1 heterocycles. The zero-order chi connectivity index (χ0) is 24.6. The highest BCUT2D eigenvalue weighted by Gasteiger charge is 2.22. The summed E-state index contributed by atoms with van der Waals surface area (Å²) in [6.45, 7) is 0.851. The maximum Gasteiger partial charge on any atom is 0.328 e. The van der Waals surface area contributed by atoms with E-state index in [4.69, 9.17) is 4.74 Å². The van der Waals surface area contributed by atoms with Crippen LogP contribution in [0.3, 0.4) is 0 Å². The van der Waals surface area contributed by atoms with Gasteiger partial charge in [0.2, 0.25) is 0 Å². The summed E-state index contributed by atoms with van der Waals surface area (Å²) in [6.07, 6.45) is 0.426. The fourth-order valence-electron chi connectivity index (χ4n) is 3.94. The summed E-state index contributed by atoms with van der Waals surface area (Å²) in [6, 6.07) is 26.1. The lowest BCUT2D eigenvalue weighted by Crippen LogP contribution is -2.33. The van der Waals surface area contributed by atoms with Crippen molar-refractivity contribution in [3.63, 3.8) is 0 Å². The van der Waals surface area contributed by atoms with Crippen molar-refractivity contribution in [2.45, 2.75) is 19.0 Å². The van der Waals surface area contributed by atoms with Gasteiger partial charge in [-0.05, 0) is 47.3 Å². The van der Waals surface area contributed by atoms with Crippen molar-refractivity contribution in [1.29, 1.82) is 0 Å². The van der Waals surface area contributed by atoms with E-state index in [0.29, 0.717) is 23.2 Å². The third-order valence-electron chi connectivity index (χ3n) is 5.75. The molecular weight excluding hydrogens is 456 g/mol. The number of esters is 1. The van der Waals surface area contributed by atoms with Crippen molar-refractivity contribution in [3.8, 4) is 11.1 Å². The molecule has 1 aromatic heterocycles. The van der Waals surface area contributed by atoms with E-state index in [-0.39, 0.29) is 11.8 Å². The van der Waals surface area contributed by atoms with Gasteiger partial charge in [0, 0.05) is 34.7 Å². The van der Waals surface area contributed by atoms with Crippen LogP contribution in [0.25, 0.3) is 11.1 Å². The Kier molecular flexibility index (Phi) is 8.08. The Bertz CT molecular complexity index is 1280. The van der Waals surface area contributed by atoms with Crippen LogP contribution in [0.1, 0.15) is 26.4 Å². The second kappa shape index (κ2) is 11.6. The van der Waals surface area contributed by atoms with Crippen molar-refractivity contribution >= 4 is 28.8 Å². The number of para-hydroxylation sites is 1. The summed E-state index contributed by atoms with van der Waals surface area (Å²) < 4.78 is 5.07. The maximum absolute atomic E-state index is 13.1. The minimum absolute atomic E-state index is 0.102. The molecule has 0 fully saturated rings. The van der Waals surface area contributed by atoms with E-state index in [9.17, 15) is 9.59 Å². The Morgan fingerprint density at radius 3 is 2.34 bits per heavy atom. The normalized spacial score (nSPS) is 11.6. The van der Waals surface area contributed by atoms with Gasteiger partial charge in [0.25, 0.3) is 0 Å². The van der Waals surface area contributed by atoms with Crippen LogP contribution < -0.4 is 10.6 Å². The molecule has 0 spiro atoms. The second-order valence-electron chi connectivity index (χ2n) is 8.19. The van der Waals surface area contributed by atoms with Crippen LogP contribution in [0.15, 0.2) is 90.3 Å². The number of carbonyl (C=O) groups excluding carboxylic acids is 2. The van der Waals surface area contributed by atoms with Crippen LogP contribution >= 0.6 is 11.3 Å². The molecule has 178 valence electrons. The number of rotatable bonds is 10. The minimum atomic E-state index is -0.640. The number of hydrogen-bond acceptors (Lipinski definition) is 6. The van der Waals surface area contributed by atoms with Gasteiger partial charge in [0.1, 0.15) is 6.04 Å². The lowest BCUT2D eigenvalue weighted by atomic mass is 9.99. The Hall–Kier alpha value is -3.74. The average molecular weight is 485 g/mol. The Labute approximate surface area is 209 Å². The molecule has 0 saturated carbocycles. The van der Waals surface area contributed by atoms with Gasteiger partial charge in [0.15, 0.2) is 5.78 Å². The van der Waals surface area contributed by atoms with Crippen molar-refractivity contribution in [2.75, 3.05) is 19.5 Å². The van der Waals surface area contributed by atoms with E-state index in [1.54, 1.807) is 29.5 Å². The Balaban J connectivity index is 1.53. The smallest absolute Gasteiger partial charge is 0.328 e.